The SMILES string of the molecule is Cc1nc(C(C)NC2CCN3CCCC23)c(C)s1. The molecular formula is C14H23N3S. The van der Waals surface area contributed by atoms with Crippen LogP contribution in [0.5, 0.6) is 0 Å². The van der Waals surface area contributed by atoms with Crippen LogP contribution in [0.2, 0.25) is 0 Å². The number of aryl methyl sites for hydroxylation is 2. The molecule has 2 saturated heterocycles. The van der Waals surface area contributed by atoms with Gasteiger partial charge in [0.05, 0.1) is 10.7 Å². The van der Waals surface area contributed by atoms with Crippen molar-refractivity contribution in [3.05, 3.63) is 15.6 Å². The van der Waals surface area contributed by atoms with E-state index in [4.69, 9.17) is 0 Å². The molecule has 18 heavy (non-hydrogen) atoms. The van der Waals surface area contributed by atoms with Gasteiger partial charge in [0.1, 0.15) is 0 Å². The fraction of sp³-hybridized carbons (Fsp3) is 0.786. The first kappa shape index (κ1) is 12.6. The van der Waals surface area contributed by atoms with Crippen LogP contribution in [-0.4, -0.2) is 35.1 Å². The van der Waals surface area contributed by atoms with E-state index in [2.05, 4.69) is 36.0 Å². The van der Waals surface area contributed by atoms with Gasteiger partial charge in [-0.2, -0.15) is 0 Å². The molecule has 0 radical (unpaired) electrons. The number of thiazole rings is 1. The van der Waals surface area contributed by atoms with Gasteiger partial charge in [0.25, 0.3) is 0 Å². The Morgan fingerprint density at radius 1 is 1.33 bits per heavy atom. The molecule has 3 atom stereocenters. The molecule has 2 aliphatic rings. The summed E-state index contributed by atoms with van der Waals surface area (Å²) in [6.45, 7) is 9.14. The Balaban J connectivity index is 1.67. The van der Waals surface area contributed by atoms with E-state index in [1.54, 1.807) is 0 Å². The minimum Gasteiger partial charge on any atom is -0.304 e. The molecule has 4 heteroatoms. The van der Waals surface area contributed by atoms with Crippen molar-refractivity contribution in [2.45, 2.75) is 58.2 Å². The Labute approximate surface area is 114 Å². The van der Waals surface area contributed by atoms with E-state index in [1.165, 1.54) is 47.9 Å². The molecule has 3 heterocycles. The maximum atomic E-state index is 4.68. The van der Waals surface area contributed by atoms with E-state index in [9.17, 15) is 0 Å². The Bertz CT molecular complexity index is 429. The first-order valence-corrected chi connectivity index (χ1v) is 7.91. The molecule has 0 spiro atoms. The van der Waals surface area contributed by atoms with Crippen LogP contribution in [0.3, 0.4) is 0 Å². The van der Waals surface area contributed by atoms with Crippen molar-refractivity contribution in [2.75, 3.05) is 13.1 Å². The molecule has 100 valence electrons. The maximum Gasteiger partial charge on any atom is 0.0900 e. The Morgan fingerprint density at radius 2 is 2.17 bits per heavy atom. The third kappa shape index (κ3) is 2.22. The maximum absolute atomic E-state index is 4.68. The second-order valence-corrected chi connectivity index (χ2v) is 7.11. The van der Waals surface area contributed by atoms with Crippen LogP contribution in [0.25, 0.3) is 0 Å². The smallest absolute Gasteiger partial charge is 0.0900 e. The van der Waals surface area contributed by atoms with Crippen molar-refractivity contribution in [2.24, 2.45) is 0 Å². The van der Waals surface area contributed by atoms with Gasteiger partial charge in [-0.05, 0) is 46.6 Å². The van der Waals surface area contributed by atoms with Crippen LogP contribution in [0.15, 0.2) is 0 Å². The highest BCUT2D eigenvalue weighted by Gasteiger charge is 2.37. The zero-order valence-electron chi connectivity index (χ0n) is 11.6. The highest BCUT2D eigenvalue weighted by atomic mass is 32.1. The fourth-order valence-corrected chi connectivity index (χ4v) is 4.54. The number of nitrogens with zero attached hydrogens (tertiary/aromatic N) is 2. The van der Waals surface area contributed by atoms with Gasteiger partial charge in [0.2, 0.25) is 0 Å². The summed E-state index contributed by atoms with van der Waals surface area (Å²) in [4.78, 5) is 8.71. The van der Waals surface area contributed by atoms with Crippen LogP contribution in [0.4, 0.5) is 0 Å². The average Bonchev–Trinajstić information content (AvgIpc) is 2.96. The van der Waals surface area contributed by atoms with Crippen LogP contribution in [0.1, 0.15) is 47.8 Å². The zero-order valence-corrected chi connectivity index (χ0v) is 12.4. The summed E-state index contributed by atoms with van der Waals surface area (Å²) < 4.78 is 0. The predicted octanol–water partition coefficient (Wildman–Crippen LogP) is 2.65. The Hall–Kier alpha value is -0.450. The summed E-state index contributed by atoms with van der Waals surface area (Å²) in [6.07, 6.45) is 4.06. The molecule has 3 unspecified atom stereocenters. The lowest BCUT2D eigenvalue weighted by Gasteiger charge is -2.24. The van der Waals surface area contributed by atoms with Crippen molar-refractivity contribution in [3.8, 4) is 0 Å². The Kier molecular flexibility index (Phi) is 3.43. The molecule has 2 aliphatic heterocycles. The van der Waals surface area contributed by atoms with Gasteiger partial charge >= 0.3 is 0 Å². The standard InChI is InChI=1S/C14H23N3S/c1-9(14-10(2)18-11(3)16-14)15-12-6-8-17-7-4-5-13(12)17/h9,12-13,15H,4-8H2,1-3H3. The van der Waals surface area contributed by atoms with Crippen LogP contribution < -0.4 is 5.32 Å². The van der Waals surface area contributed by atoms with E-state index in [0.717, 1.165) is 6.04 Å². The van der Waals surface area contributed by atoms with E-state index in [0.29, 0.717) is 12.1 Å². The van der Waals surface area contributed by atoms with Crippen LogP contribution in [-0.2, 0) is 0 Å². The molecule has 0 bridgehead atoms. The molecule has 0 aromatic carbocycles. The number of fused-ring (bicyclic) bond motifs is 1. The first-order chi connectivity index (χ1) is 8.65. The number of nitrogens with one attached hydrogen (secondary N) is 1. The molecular weight excluding hydrogens is 242 g/mol. The van der Waals surface area contributed by atoms with E-state index in [1.807, 2.05) is 11.3 Å². The van der Waals surface area contributed by atoms with Crippen molar-refractivity contribution < 1.29 is 0 Å². The fourth-order valence-electron chi connectivity index (χ4n) is 3.62. The highest BCUT2D eigenvalue weighted by molar-refractivity contribution is 7.11. The number of rotatable bonds is 3. The van der Waals surface area contributed by atoms with Crippen molar-refractivity contribution in [3.63, 3.8) is 0 Å². The summed E-state index contributed by atoms with van der Waals surface area (Å²) in [5.41, 5.74) is 1.26. The van der Waals surface area contributed by atoms with Gasteiger partial charge in [0.15, 0.2) is 0 Å². The molecule has 2 fully saturated rings. The number of hydrogen-bond donors (Lipinski definition) is 1. The average molecular weight is 265 g/mol. The number of hydrogen-bond acceptors (Lipinski definition) is 4. The first-order valence-electron chi connectivity index (χ1n) is 7.09. The minimum absolute atomic E-state index is 0.389. The molecule has 1 N–H and O–H groups in total. The third-order valence-electron chi connectivity index (χ3n) is 4.42. The van der Waals surface area contributed by atoms with Gasteiger partial charge < -0.3 is 5.32 Å². The summed E-state index contributed by atoms with van der Waals surface area (Å²) in [6, 6.07) is 1.84. The second-order valence-electron chi connectivity index (χ2n) is 5.70. The molecule has 0 aliphatic carbocycles. The lowest BCUT2D eigenvalue weighted by atomic mass is 10.0. The van der Waals surface area contributed by atoms with Crippen molar-refractivity contribution in [1.29, 1.82) is 0 Å². The second kappa shape index (κ2) is 4.91. The lowest BCUT2D eigenvalue weighted by molar-refractivity contribution is 0.290. The summed E-state index contributed by atoms with van der Waals surface area (Å²) in [7, 11) is 0. The summed E-state index contributed by atoms with van der Waals surface area (Å²) in [5, 5.41) is 5.01. The van der Waals surface area contributed by atoms with Gasteiger partial charge in [-0.1, -0.05) is 0 Å². The monoisotopic (exact) mass is 265 g/mol. The summed E-state index contributed by atoms with van der Waals surface area (Å²) >= 11 is 1.81. The molecule has 1 aromatic heterocycles. The molecule has 0 saturated carbocycles. The van der Waals surface area contributed by atoms with E-state index < -0.39 is 0 Å². The van der Waals surface area contributed by atoms with Gasteiger partial charge in [-0.15, -0.1) is 11.3 Å². The largest absolute Gasteiger partial charge is 0.304 e. The number of aromatic nitrogens is 1. The topological polar surface area (TPSA) is 28.2 Å². The quantitative estimate of drug-likeness (QED) is 0.910. The van der Waals surface area contributed by atoms with Gasteiger partial charge in [-0.25, -0.2) is 4.98 Å². The van der Waals surface area contributed by atoms with Gasteiger partial charge in [-0.3, -0.25) is 4.90 Å². The molecule has 3 nitrogen and oxygen atoms in total. The Morgan fingerprint density at radius 3 is 2.89 bits per heavy atom. The lowest BCUT2D eigenvalue weighted by Crippen LogP contribution is -2.40. The van der Waals surface area contributed by atoms with E-state index in [-0.39, 0.29) is 0 Å². The predicted molar refractivity (Wildman–Crippen MR) is 76.1 cm³/mol. The normalized spacial score (nSPS) is 29.7. The zero-order chi connectivity index (χ0) is 12.7. The van der Waals surface area contributed by atoms with Crippen molar-refractivity contribution in [1.82, 2.24) is 15.2 Å². The molecule has 3 rings (SSSR count). The van der Waals surface area contributed by atoms with Crippen molar-refractivity contribution >= 4 is 11.3 Å². The third-order valence-corrected chi connectivity index (χ3v) is 5.32. The minimum atomic E-state index is 0.389. The van der Waals surface area contributed by atoms with Crippen LogP contribution >= 0.6 is 11.3 Å². The van der Waals surface area contributed by atoms with Crippen LogP contribution in [0, 0.1) is 13.8 Å². The van der Waals surface area contributed by atoms with Gasteiger partial charge in [0, 0.05) is 29.5 Å². The van der Waals surface area contributed by atoms with E-state index >= 15 is 0 Å². The summed E-state index contributed by atoms with van der Waals surface area (Å²) in [5.74, 6) is 0. The highest BCUT2D eigenvalue weighted by Crippen LogP contribution is 2.30. The molecule has 0 amide bonds. The molecule has 1 aromatic rings.